The molecule has 1 heterocycles. The Morgan fingerprint density at radius 1 is 1.03 bits per heavy atom. The average Bonchev–Trinajstić information content (AvgIpc) is 2.78. The fourth-order valence-electron chi connectivity index (χ4n) is 7.24. The summed E-state index contributed by atoms with van der Waals surface area (Å²) >= 11 is 0. The van der Waals surface area contributed by atoms with Crippen LogP contribution in [0.2, 0.25) is 0 Å². The van der Waals surface area contributed by atoms with Crippen LogP contribution in [-0.4, -0.2) is 73.0 Å². The number of amides is 1. The van der Waals surface area contributed by atoms with Gasteiger partial charge in [0.25, 0.3) is 0 Å². The van der Waals surface area contributed by atoms with Crippen LogP contribution in [0.5, 0.6) is 5.75 Å². The van der Waals surface area contributed by atoms with E-state index in [0.717, 1.165) is 36.6 Å². The lowest BCUT2D eigenvalue weighted by molar-refractivity contribution is -0.00523. The molecule has 1 saturated heterocycles. The minimum Gasteiger partial charge on any atom is -0.491 e. The van der Waals surface area contributed by atoms with E-state index in [1.54, 1.807) is 4.90 Å². The van der Waals surface area contributed by atoms with E-state index in [0.29, 0.717) is 31.7 Å². The molecule has 1 aromatic carbocycles. The second-order valence-electron chi connectivity index (χ2n) is 10.7. The minimum absolute atomic E-state index is 0. The standard InChI is InChI=1S/C26H38N2O4.ClH/c1-2-31-25(30)28-9-7-27(8-10-28)17-23(29)18-32-24-5-3-22(4-6-24)26-14-19-11-20(15-26)13-21(12-19)16-26;/h3-6,19-21,23,29H,2,7-18H2,1H3;1H. The number of hydrogen-bond donors (Lipinski definition) is 1. The molecule has 1 N–H and O–H groups in total. The smallest absolute Gasteiger partial charge is 0.409 e. The van der Waals surface area contributed by atoms with Gasteiger partial charge in [0.1, 0.15) is 18.5 Å². The number of hydrogen-bond acceptors (Lipinski definition) is 5. The number of benzene rings is 1. The summed E-state index contributed by atoms with van der Waals surface area (Å²) in [6.07, 6.45) is 7.74. The number of carbonyl (C=O) groups excluding carboxylic acids is 1. The Balaban J connectivity index is 0.00000259. The minimum atomic E-state index is -0.549. The highest BCUT2D eigenvalue weighted by molar-refractivity contribution is 5.85. The summed E-state index contributed by atoms with van der Waals surface area (Å²) in [6, 6.07) is 8.75. The topological polar surface area (TPSA) is 62.2 Å². The second-order valence-corrected chi connectivity index (χ2v) is 10.7. The van der Waals surface area contributed by atoms with Crippen LogP contribution in [0.1, 0.15) is 51.0 Å². The lowest BCUT2D eigenvalue weighted by Crippen LogP contribution is -2.51. The molecule has 1 unspecified atom stereocenters. The van der Waals surface area contributed by atoms with Gasteiger partial charge in [-0.1, -0.05) is 12.1 Å². The maximum atomic E-state index is 11.8. The fourth-order valence-corrected chi connectivity index (χ4v) is 7.24. The molecule has 1 amide bonds. The first-order chi connectivity index (χ1) is 15.5. The Morgan fingerprint density at radius 3 is 2.15 bits per heavy atom. The molecule has 7 heteroatoms. The van der Waals surface area contributed by atoms with E-state index >= 15 is 0 Å². The first-order valence-corrected chi connectivity index (χ1v) is 12.6. The zero-order valence-electron chi connectivity index (χ0n) is 19.8. The van der Waals surface area contributed by atoms with Crippen molar-refractivity contribution in [3.63, 3.8) is 0 Å². The third kappa shape index (κ3) is 5.44. The number of aliphatic hydroxyl groups excluding tert-OH is 1. The quantitative estimate of drug-likeness (QED) is 0.639. The summed E-state index contributed by atoms with van der Waals surface area (Å²) in [7, 11) is 0. The lowest BCUT2D eigenvalue weighted by atomic mass is 9.48. The summed E-state index contributed by atoms with van der Waals surface area (Å²) in [6.45, 7) is 5.83. The third-order valence-electron chi connectivity index (χ3n) is 8.31. The van der Waals surface area contributed by atoms with Gasteiger partial charge in [-0.2, -0.15) is 0 Å². The van der Waals surface area contributed by atoms with Crippen molar-refractivity contribution in [1.82, 2.24) is 9.80 Å². The van der Waals surface area contributed by atoms with Crippen LogP contribution in [0.25, 0.3) is 0 Å². The summed E-state index contributed by atoms with van der Waals surface area (Å²) in [5, 5.41) is 10.5. The van der Waals surface area contributed by atoms with Gasteiger partial charge in [0.05, 0.1) is 6.61 Å². The predicted molar refractivity (Wildman–Crippen MR) is 130 cm³/mol. The molecule has 0 spiro atoms. The molecule has 33 heavy (non-hydrogen) atoms. The normalized spacial score (nSPS) is 31.7. The number of carbonyl (C=O) groups is 1. The lowest BCUT2D eigenvalue weighted by Gasteiger charge is -2.57. The number of aliphatic hydroxyl groups is 1. The van der Waals surface area contributed by atoms with Crippen molar-refractivity contribution >= 4 is 18.5 Å². The zero-order valence-corrected chi connectivity index (χ0v) is 20.6. The van der Waals surface area contributed by atoms with E-state index in [2.05, 4.69) is 29.2 Å². The molecule has 1 aromatic rings. The van der Waals surface area contributed by atoms with Crippen molar-refractivity contribution in [2.45, 2.75) is 57.0 Å². The van der Waals surface area contributed by atoms with E-state index in [1.807, 2.05) is 6.92 Å². The predicted octanol–water partition coefficient (Wildman–Crippen LogP) is 4.09. The van der Waals surface area contributed by atoms with Crippen molar-refractivity contribution in [2.24, 2.45) is 17.8 Å². The van der Waals surface area contributed by atoms with Crippen molar-refractivity contribution in [1.29, 1.82) is 0 Å². The van der Waals surface area contributed by atoms with Gasteiger partial charge in [-0.15, -0.1) is 12.4 Å². The SMILES string of the molecule is CCOC(=O)N1CCN(CC(O)COc2ccc(C34CC5CC(CC(C5)C3)C4)cc2)CC1.Cl. The molecule has 4 aliphatic carbocycles. The Labute approximate surface area is 204 Å². The van der Waals surface area contributed by atoms with E-state index in [1.165, 1.54) is 44.1 Å². The van der Waals surface area contributed by atoms with Crippen LogP contribution in [-0.2, 0) is 10.2 Å². The van der Waals surface area contributed by atoms with Crippen LogP contribution < -0.4 is 4.74 Å². The van der Waals surface area contributed by atoms with E-state index in [9.17, 15) is 9.90 Å². The van der Waals surface area contributed by atoms with E-state index in [-0.39, 0.29) is 25.1 Å². The van der Waals surface area contributed by atoms with Gasteiger partial charge in [0.15, 0.2) is 0 Å². The van der Waals surface area contributed by atoms with Crippen LogP contribution in [0.15, 0.2) is 24.3 Å². The van der Waals surface area contributed by atoms with Crippen LogP contribution >= 0.6 is 12.4 Å². The number of β-amino-alcohol motifs (C(OH)–C–C–N with tert-alkyl or cyclic N) is 1. The number of halogens is 1. The van der Waals surface area contributed by atoms with Crippen LogP contribution in [0.3, 0.4) is 0 Å². The molecule has 184 valence electrons. The van der Waals surface area contributed by atoms with E-state index in [4.69, 9.17) is 9.47 Å². The Hall–Kier alpha value is -1.50. The maximum Gasteiger partial charge on any atom is 0.409 e. The third-order valence-corrected chi connectivity index (χ3v) is 8.31. The number of rotatable bonds is 7. The molecule has 6 nitrogen and oxygen atoms in total. The number of ether oxygens (including phenoxy) is 2. The molecule has 4 saturated carbocycles. The van der Waals surface area contributed by atoms with Crippen LogP contribution in [0.4, 0.5) is 4.79 Å². The summed E-state index contributed by atoms with van der Waals surface area (Å²) in [5.41, 5.74) is 1.92. The molecule has 1 atom stereocenters. The average molecular weight is 479 g/mol. The van der Waals surface area contributed by atoms with Gasteiger partial charge in [0, 0.05) is 32.7 Å². The molecule has 4 bridgehead atoms. The van der Waals surface area contributed by atoms with Crippen molar-refractivity contribution in [3.8, 4) is 5.75 Å². The van der Waals surface area contributed by atoms with Gasteiger partial charge in [-0.25, -0.2) is 4.79 Å². The largest absolute Gasteiger partial charge is 0.491 e. The Bertz CT molecular complexity index is 759. The summed E-state index contributed by atoms with van der Waals surface area (Å²) < 4.78 is 11.0. The van der Waals surface area contributed by atoms with Crippen molar-refractivity contribution in [3.05, 3.63) is 29.8 Å². The Morgan fingerprint density at radius 2 is 1.61 bits per heavy atom. The number of piperazine rings is 1. The highest BCUT2D eigenvalue weighted by atomic mass is 35.5. The highest BCUT2D eigenvalue weighted by Crippen LogP contribution is 2.60. The molecule has 5 aliphatic rings. The first kappa shape index (κ1) is 24.6. The summed E-state index contributed by atoms with van der Waals surface area (Å²) in [4.78, 5) is 15.7. The molecule has 5 fully saturated rings. The molecular formula is C26H39ClN2O4. The fraction of sp³-hybridized carbons (Fsp3) is 0.731. The molecule has 6 rings (SSSR count). The van der Waals surface area contributed by atoms with Crippen LogP contribution in [0, 0.1) is 17.8 Å². The van der Waals surface area contributed by atoms with E-state index < -0.39 is 6.10 Å². The maximum absolute atomic E-state index is 11.8. The molecule has 0 aromatic heterocycles. The van der Waals surface area contributed by atoms with Gasteiger partial charge in [0.2, 0.25) is 0 Å². The van der Waals surface area contributed by atoms with Gasteiger partial charge >= 0.3 is 6.09 Å². The first-order valence-electron chi connectivity index (χ1n) is 12.6. The highest BCUT2D eigenvalue weighted by Gasteiger charge is 2.51. The molecule has 0 radical (unpaired) electrons. The van der Waals surface area contributed by atoms with Crippen molar-refractivity contribution in [2.75, 3.05) is 45.9 Å². The zero-order chi connectivity index (χ0) is 22.1. The monoisotopic (exact) mass is 478 g/mol. The number of nitrogens with zero attached hydrogens (tertiary/aromatic N) is 2. The van der Waals surface area contributed by atoms with Crippen molar-refractivity contribution < 1.29 is 19.4 Å². The van der Waals surface area contributed by atoms with Gasteiger partial charge in [-0.05, 0) is 86.3 Å². The molecular weight excluding hydrogens is 440 g/mol. The summed E-state index contributed by atoms with van der Waals surface area (Å²) in [5.74, 6) is 3.69. The Kier molecular flexibility index (Phi) is 7.76. The molecule has 1 aliphatic heterocycles. The van der Waals surface area contributed by atoms with Gasteiger partial charge < -0.3 is 19.5 Å². The second kappa shape index (κ2) is 10.4. The van der Waals surface area contributed by atoms with Gasteiger partial charge in [-0.3, -0.25) is 4.90 Å².